The van der Waals surface area contributed by atoms with Gasteiger partial charge in [0.25, 0.3) is 0 Å². The molecule has 0 fully saturated rings. The van der Waals surface area contributed by atoms with Crippen LogP contribution in [0.15, 0.2) is 0 Å². The van der Waals surface area contributed by atoms with E-state index in [0.717, 1.165) is 17.2 Å². The van der Waals surface area contributed by atoms with Gasteiger partial charge in [0.05, 0.1) is 17.2 Å². The topological polar surface area (TPSA) is 42.2 Å². The van der Waals surface area contributed by atoms with E-state index in [9.17, 15) is 0 Å². The van der Waals surface area contributed by atoms with Crippen LogP contribution < -0.4 is 5.73 Å². The Morgan fingerprint density at radius 2 is 2.21 bits per heavy atom. The van der Waals surface area contributed by atoms with Gasteiger partial charge >= 0.3 is 0 Å². The van der Waals surface area contributed by atoms with Crippen LogP contribution in [0.5, 0.6) is 0 Å². The number of aromatic nitrogens is 1. The van der Waals surface area contributed by atoms with Crippen molar-refractivity contribution < 1.29 is 0 Å². The Bertz CT molecular complexity index is 313. The van der Waals surface area contributed by atoms with E-state index in [1.54, 1.807) is 11.3 Å². The highest BCUT2D eigenvalue weighted by atomic mass is 32.1. The summed E-state index contributed by atoms with van der Waals surface area (Å²) < 4.78 is 0. The van der Waals surface area contributed by atoms with E-state index < -0.39 is 0 Å². The van der Waals surface area contributed by atoms with Crippen LogP contribution in [-0.2, 0) is 6.54 Å². The van der Waals surface area contributed by atoms with E-state index in [4.69, 9.17) is 18.0 Å². The summed E-state index contributed by atoms with van der Waals surface area (Å²) in [5, 5.41) is 1.12. The quantitative estimate of drug-likeness (QED) is 0.794. The highest BCUT2D eigenvalue weighted by molar-refractivity contribution is 7.80. The van der Waals surface area contributed by atoms with E-state index in [1.165, 1.54) is 4.88 Å². The molecule has 78 valence electrons. The minimum atomic E-state index is 0.525. The van der Waals surface area contributed by atoms with Crippen molar-refractivity contribution in [1.29, 1.82) is 0 Å². The molecule has 0 radical (unpaired) electrons. The third-order valence-corrected chi connectivity index (χ3v) is 3.09. The Labute approximate surface area is 93.9 Å². The second-order valence-electron chi connectivity index (χ2n) is 3.39. The fourth-order valence-electron chi connectivity index (χ4n) is 1.16. The van der Waals surface area contributed by atoms with Gasteiger partial charge in [-0.3, -0.25) is 4.90 Å². The van der Waals surface area contributed by atoms with E-state index in [2.05, 4.69) is 16.8 Å². The molecule has 1 rings (SSSR count). The summed E-state index contributed by atoms with van der Waals surface area (Å²) in [7, 11) is 1.99. The van der Waals surface area contributed by atoms with Crippen LogP contribution in [0.3, 0.4) is 0 Å². The van der Waals surface area contributed by atoms with Crippen molar-refractivity contribution in [1.82, 2.24) is 9.88 Å². The molecule has 0 spiro atoms. The monoisotopic (exact) mass is 229 g/mol. The Kier molecular flexibility index (Phi) is 3.97. The van der Waals surface area contributed by atoms with Gasteiger partial charge in [-0.05, 0) is 20.9 Å². The maximum atomic E-state index is 5.45. The lowest BCUT2D eigenvalue weighted by Crippen LogP contribution is -2.28. The summed E-state index contributed by atoms with van der Waals surface area (Å²) in [4.78, 5) is 8.33. The van der Waals surface area contributed by atoms with Crippen molar-refractivity contribution in [3.8, 4) is 0 Å². The van der Waals surface area contributed by atoms with Gasteiger partial charge in [-0.15, -0.1) is 11.3 Å². The summed E-state index contributed by atoms with van der Waals surface area (Å²) in [6, 6.07) is 0. The van der Waals surface area contributed by atoms with Gasteiger partial charge in [0.1, 0.15) is 5.01 Å². The molecule has 0 amide bonds. The number of aryl methyl sites for hydroxylation is 2. The van der Waals surface area contributed by atoms with E-state index >= 15 is 0 Å². The molecule has 0 aliphatic heterocycles. The zero-order chi connectivity index (χ0) is 10.7. The highest BCUT2D eigenvalue weighted by Gasteiger charge is 2.06. The molecule has 0 aliphatic carbocycles. The van der Waals surface area contributed by atoms with Crippen molar-refractivity contribution in [2.24, 2.45) is 5.73 Å². The summed E-state index contributed by atoms with van der Waals surface area (Å²) in [6.45, 7) is 5.58. The van der Waals surface area contributed by atoms with Crippen LogP contribution in [0.1, 0.15) is 15.6 Å². The number of hydrogen-bond donors (Lipinski definition) is 1. The minimum absolute atomic E-state index is 0.525. The van der Waals surface area contributed by atoms with Crippen molar-refractivity contribution in [2.45, 2.75) is 20.4 Å². The summed E-state index contributed by atoms with van der Waals surface area (Å²) in [5.74, 6) is 0. The molecule has 5 heteroatoms. The molecule has 0 aromatic carbocycles. The standard InChI is InChI=1S/C9H15N3S2/c1-6-7(2)14-9(11-6)5-12(3)4-8(10)13/h4-5H2,1-3H3,(H2,10,13). The average molecular weight is 229 g/mol. The Morgan fingerprint density at radius 1 is 1.57 bits per heavy atom. The number of hydrogen-bond acceptors (Lipinski definition) is 4. The molecule has 3 nitrogen and oxygen atoms in total. The first-order valence-corrected chi connectivity index (χ1v) is 5.61. The van der Waals surface area contributed by atoms with Gasteiger partial charge in [-0.2, -0.15) is 0 Å². The zero-order valence-electron chi connectivity index (χ0n) is 8.70. The third kappa shape index (κ3) is 3.32. The van der Waals surface area contributed by atoms with Crippen LogP contribution in [0, 0.1) is 13.8 Å². The molecule has 1 aromatic heterocycles. The van der Waals surface area contributed by atoms with Gasteiger partial charge in [0, 0.05) is 11.4 Å². The average Bonchev–Trinajstić information content (AvgIpc) is 2.28. The van der Waals surface area contributed by atoms with Crippen molar-refractivity contribution in [3.63, 3.8) is 0 Å². The number of likely N-dealkylation sites (N-methyl/N-ethyl adjacent to an activating group) is 1. The van der Waals surface area contributed by atoms with Crippen LogP contribution in [0.25, 0.3) is 0 Å². The lowest BCUT2D eigenvalue weighted by atomic mass is 10.4. The molecule has 2 N–H and O–H groups in total. The second kappa shape index (κ2) is 4.82. The minimum Gasteiger partial charge on any atom is -0.392 e. The maximum Gasteiger partial charge on any atom is 0.107 e. The predicted molar refractivity (Wildman–Crippen MR) is 64.7 cm³/mol. The Balaban J connectivity index is 2.56. The lowest BCUT2D eigenvalue weighted by Gasteiger charge is -2.13. The Morgan fingerprint density at radius 3 is 2.64 bits per heavy atom. The Hall–Kier alpha value is -0.520. The lowest BCUT2D eigenvalue weighted by molar-refractivity contribution is 0.374. The first kappa shape index (κ1) is 11.6. The SMILES string of the molecule is Cc1nc(CN(C)CC(N)=S)sc1C. The van der Waals surface area contributed by atoms with Crippen molar-refractivity contribution in [2.75, 3.05) is 13.6 Å². The van der Waals surface area contributed by atoms with Gasteiger partial charge in [0.15, 0.2) is 0 Å². The largest absolute Gasteiger partial charge is 0.392 e. The molecule has 0 atom stereocenters. The molecule has 0 saturated carbocycles. The molecule has 0 aliphatic rings. The summed E-state index contributed by atoms with van der Waals surface area (Å²) in [5.41, 5.74) is 6.57. The fourth-order valence-corrected chi connectivity index (χ4v) is 2.39. The van der Waals surface area contributed by atoms with Gasteiger partial charge < -0.3 is 5.73 Å². The molecule has 0 unspecified atom stereocenters. The predicted octanol–water partition coefficient (Wildman–Crippen LogP) is 1.48. The van der Waals surface area contributed by atoms with Crippen LogP contribution in [0.4, 0.5) is 0 Å². The molecule has 0 saturated heterocycles. The number of rotatable bonds is 4. The number of nitrogens with two attached hydrogens (primary N) is 1. The summed E-state index contributed by atoms with van der Waals surface area (Å²) >= 11 is 6.57. The molecular weight excluding hydrogens is 214 g/mol. The first-order valence-electron chi connectivity index (χ1n) is 4.39. The molecule has 1 aromatic rings. The van der Waals surface area contributed by atoms with Gasteiger partial charge in [-0.1, -0.05) is 12.2 Å². The van der Waals surface area contributed by atoms with Gasteiger partial charge in [0.2, 0.25) is 0 Å². The fraction of sp³-hybridized carbons (Fsp3) is 0.556. The third-order valence-electron chi connectivity index (χ3n) is 1.90. The first-order chi connectivity index (χ1) is 6.49. The number of thiazole rings is 1. The number of nitrogens with zero attached hydrogens (tertiary/aromatic N) is 2. The number of thiocarbonyl (C=S) groups is 1. The van der Waals surface area contributed by atoms with Crippen LogP contribution >= 0.6 is 23.6 Å². The van der Waals surface area contributed by atoms with Gasteiger partial charge in [-0.25, -0.2) is 4.98 Å². The van der Waals surface area contributed by atoms with Crippen LogP contribution in [0.2, 0.25) is 0 Å². The zero-order valence-corrected chi connectivity index (χ0v) is 10.3. The maximum absolute atomic E-state index is 5.45. The van der Waals surface area contributed by atoms with E-state index in [-0.39, 0.29) is 0 Å². The molecular formula is C9H15N3S2. The van der Waals surface area contributed by atoms with Crippen LogP contribution in [-0.4, -0.2) is 28.5 Å². The van der Waals surface area contributed by atoms with Crippen molar-refractivity contribution in [3.05, 3.63) is 15.6 Å². The van der Waals surface area contributed by atoms with Crippen molar-refractivity contribution >= 4 is 28.5 Å². The normalized spacial score (nSPS) is 10.9. The summed E-state index contributed by atoms with van der Waals surface area (Å²) in [6.07, 6.45) is 0. The smallest absolute Gasteiger partial charge is 0.107 e. The van der Waals surface area contributed by atoms with E-state index in [0.29, 0.717) is 11.5 Å². The molecule has 1 heterocycles. The van der Waals surface area contributed by atoms with E-state index in [1.807, 2.05) is 14.0 Å². The highest BCUT2D eigenvalue weighted by Crippen LogP contribution is 2.17. The molecule has 0 bridgehead atoms. The molecule has 14 heavy (non-hydrogen) atoms. The second-order valence-corrected chi connectivity index (χ2v) is 5.20.